The molecule has 8 nitrogen and oxygen atoms in total. The van der Waals surface area contributed by atoms with Gasteiger partial charge in [0, 0.05) is 26.2 Å². The molecule has 1 aliphatic rings. The number of ether oxygens (including phenoxy) is 1. The van der Waals surface area contributed by atoms with Gasteiger partial charge in [0.05, 0.1) is 24.5 Å². The number of carbonyl (C=O) groups excluding carboxylic acids is 3. The zero-order chi connectivity index (χ0) is 19.5. The Morgan fingerprint density at radius 3 is 2.59 bits per heavy atom. The van der Waals surface area contributed by atoms with Crippen LogP contribution in [-0.4, -0.2) is 68.6 Å². The fraction of sp³-hybridized carbons (Fsp3) is 0.421. The molecule has 0 aromatic heterocycles. The van der Waals surface area contributed by atoms with E-state index in [1.165, 1.54) is 0 Å². The first-order valence-electron chi connectivity index (χ1n) is 8.99. The number of anilines is 1. The minimum atomic E-state index is -0.801. The number of hydrogen-bond donors (Lipinski definition) is 3. The molecule has 1 aromatic rings. The molecule has 27 heavy (non-hydrogen) atoms. The van der Waals surface area contributed by atoms with Gasteiger partial charge in [-0.25, -0.2) is 0 Å². The molecule has 1 aliphatic heterocycles. The van der Waals surface area contributed by atoms with Gasteiger partial charge in [-0.15, -0.1) is 6.58 Å². The number of carbonyl (C=O) groups is 3. The SMILES string of the molecule is C=CCNC(=O)c1ccccc1NC(=O)C(=O)NCCCN1CCOCC1. The Labute approximate surface area is 158 Å². The number of nitrogens with one attached hydrogen (secondary N) is 3. The number of para-hydroxylation sites is 1. The van der Waals surface area contributed by atoms with Crippen molar-refractivity contribution in [2.45, 2.75) is 6.42 Å². The molecule has 146 valence electrons. The van der Waals surface area contributed by atoms with Gasteiger partial charge in [0.25, 0.3) is 5.91 Å². The smallest absolute Gasteiger partial charge is 0.313 e. The minimum absolute atomic E-state index is 0.285. The Morgan fingerprint density at radius 2 is 1.85 bits per heavy atom. The van der Waals surface area contributed by atoms with E-state index in [-0.39, 0.29) is 17.2 Å². The number of amides is 3. The van der Waals surface area contributed by atoms with Crippen LogP contribution in [0.5, 0.6) is 0 Å². The Bertz CT molecular complexity index is 671. The van der Waals surface area contributed by atoms with Crippen LogP contribution in [0.2, 0.25) is 0 Å². The van der Waals surface area contributed by atoms with E-state index in [4.69, 9.17) is 4.74 Å². The molecule has 2 rings (SSSR count). The predicted molar refractivity (Wildman–Crippen MR) is 102 cm³/mol. The summed E-state index contributed by atoms with van der Waals surface area (Å²) in [5.74, 6) is -1.87. The highest BCUT2D eigenvalue weighted by atomic mass is 16.5. The first-order chi connectivity index (χ1) is 13.1. The molecule has 1 saturated heterocycles. The summed E-state index contributed by atoms with van der Waals surface area (Å²) in [7, 11) is 0. The Balaban J connectivity index is 1.79. The van der Waals surface area contributed by atoms with Gasteiger partial charge in [-0.3, -0.25) is 19.3 Å². The highest BCUT2D eigenvalue weighted by molar-refractivity contribution is 6.40. The lowest BCUT2D eigenvalue weighted by Gasteiger charge is -2.26. The van der Waals surface area contributed by atoms with Crippen LogP contribution in [0.15, 0.2) is 36.9 Å². The van der Waals surface area contributed by atoms with Gasteiger partial charge in [0.15, 0.2) is 0 Å². The first kappa shape index (κ1) is 20.6. The van der Waals surface area contributed by atoms with E-state index >= 15 is 0 Å². The van der Waals surface area contributed by atoms with Crippen LogP contribution >= 0.6 is 0 Å². The normalized spacial score (nSPS) is 14.2. The lowest BCUT2D eigenvalue weighted by atomic mass is 10.1. The van der Waals surface area contributed by atoms with Gasteiger partial charge in [-0.05, 0) is 25.1 Å². The second kappa shape index (κ2) is 11.1. The van der Waals surface area contributed by atoms with E-state index in [0.29, 0.717) is 13.1 Å². The lowest BCUT2D eigenvalue weighted by molar-refractivity contribution is -0.136. The lowest BCUT2D eigenvalue weighted by Crippen LogP contribution is -2.40. The Kier molecular flexibility index (Phi) is 8.47. The van der Waals surface area contributed by atoms with Crippen molar-refractivity contribution >= 4 is 23.4 Å². The molecule has 0 radical (unpaired) electrons. The second-order valence-electron chi connectivity index (χ2n) is 6.06. The summed E-state index contributed by atoms with van der Waals surface area (Å²) in [6.45, 7) is 8.34. The van der Waals surface area contributed by atoms with Gasteiger partial charge in [0.2, 0.25) is 0 Å². The van der Waals surface area contributed by atoms with Crippen molar-refractivity contribution in [2.24, 2.45) is 0 Å². The molecule has 1 aromatic carbocycles. The van der Waals surface area contributed by atoms with Crippen molar-refractivity contribution in [3.05, 3.63) is 42.5 Å². The van der Waals surface area contributed by atoms with E-state index in [0.717, 1.165) is 39.3 Å². The van der Waals surface area contributed by atoms with Crippen molar-refractivity contribution in [3.8, 4) is 0 Å². The average molecular weight is 374 g/mol. The van der Waals surface area contributed by atoms with E-state index in [1.807, 2.05) is 0 Å². The molecule has 0 saturated carbocycles. The highest BCUT2D eigenvalue weighted by Gasteiger charge is 2.17. The third-order valence-electron chi connectivity index (χ3n) is 4.07. The summed E-state index contributed by atoms with van der Waals surface area (Å²) in [6.07, 6.45) is 2.31. The standard InChI is InChI=1S/C19H26N4O4/c1-2-8-20-17(24)15-6-3-4-7-16(15)22-19(26)18(25)21-9-5-10-23-11-13-27-14-12-23/h2-4,6-7H,1,5,8-14H2,(H,20,24)(H,21,25)(H,22,26). The van der Waals surface area contributed by atoms with Crippen LogP contribution < -0.4 is 16.0 Å². The van der Waals surface area contributed by atoms with Crippen LogP contribution in [0, 0.1) is 0 Å². The molecular formula is C19H26N4O4. The summed E-state index contributed by atoms with van der Waals surface area (Å²) in [5, 5.41) is 7.74. The summed E-state index contributed by atoms with van der Waals surface area (Å²) < 4.78 is 5.28. The fourth-order valence-corrected chi connectivity index (χ4v) is 2.64. The Morgan fingerprint density at radius 1 is 1.11 bits per heavy atom. The summed E-state index contributed by atoms with van der Waals surface area (Å²) in [6, 6.07) is 6.52. The fourth-order valence-electron chi connectivity index (χ4n) is 2.64. The van der Waals surface area contributed by atoms with Gasteiger partial charge in [0.1, 0.15) is 0 Å². The quantitative estimate of drug-likeness (QED) is 0.347. The van der Waals surface area contributed by atoms with Crippen molar-refractivity contribution < 1.29 is 19.1 Å². The van der Waals surface area contributed by atoms with Crippen LogP contribution in [0.1, 0.15) is 16.8 Å². The predicted octanol–water partition coefficient (Wildman–Crippen LogP) is 0.379. The molecule has 0 aliphatic carbocycles. The summed E-state index contributed by atoms with van der Waals surface area (Å²) >= 11 is 0. The maximum atomic E-state index is 12.1. The summed E-state index contributed by atoms with van der Waals surface area (Å²) in [4.78, 5) is 38.5. The van der Waals surface area contributed by atoms with Gasteiger partial charge < -0.3 is 20.7 Å². The molecule has 8 heteroatoms. The molecule has 3 N–H and O–H groups in total. The van der Waals surface area contributed by atoms with E-state index < -0.39 is 11.8 Å². The molecule has 0 atom stereocenters. The van der Waals surface area contributed by atoms with Crippen LogP contribution in [0.3, 0.4) is 0 Å². The molecular weight excluding hydrogens is 348 g/mol. The monoisotopic (exact) mass is 374 g/mol. The number of nitrogens with zero attached hydrogens (tertiary/aromatic N) is 1. The van der Waals surface area contributed by atoms with E-state index in [9.17, 15) is 14.4 Å². The molecule has 3 amide bonds. The molecule has 0 spiro atoms. The minimum Gasteiger partial charge on any atom is -0.379 e. The van der Waals surface area contributed by atoms with Gasteiger partial charge in [-0.1, -0.05) is 18.2 Å². The molecule has 1 heterocycles. The maximum absolute atomic E-state index is 12.1. The molecule has 1 fully saturated rings. The van der Waals surface area contributed by atoms with Crippen molar-refractivity contribution in [1.29, 1.82) is 0 Å². The van der Waals surface area contributed by atoms with E-state index in [1.54, 1.807) is 30.3 Å². The topological polar surface area (TPSA) is 99.8 Å². The van der Waals surface area contributed by atoms with Crippen LogP contribution in [-0.2, 0) is 14.3 Å². The second-order valence-corrected chi connectivity index (χ2v) is 6.06. The van der Waals surface area contributed by atoms with E-state index in [2.05, 4.69) is 27.4 Å². The van der Waals surface area contributed by atoms with Crippen molar-refractivity contribution in [2.75, 3.05) is 51.3 Å². The number of morpholine rings is 1. The zero-order valence-electron chi connectivity index (χ0n) is 15.3. The molecule has 0 unspecified atom stereocenters. The van der Waals surface area contributed by atoms with Crippen LogP contribution in [0.4, 0.5) is 5.69 Å². The van der Waals surface area contributed by atoms with Gasteiger partial charge >= 0.3 is 11.8 Å². The molecule has 0 bridgehead atoms. The van der Waals surface area contributed by atoms with Crippen molar-refractivity contribution in [3.63, 3.8) is 0 Å². The number of benzene rings is 1. The first-order valence-corrected chi connectivity index (χ1v) is 8.99. The zero-order valence-corrected chi connectivity index (χ0v) is 15.3. The van der Waals surface area contributed by atoms with Gasteiger partial charge in [-0.2, -0.15) is 0 Å². The highest BCUT2D eigenvalue weighted by Crippen LogP contribution is 2.14. The average Bonchev–Trinajstić information content (AvgIpc) is 2.70. The van der Waals surface area contributed by atoms with Crippen molar-refractivity contribution in [1.82, 2.24) is 15.5 Å². The summed E-state index contributed by atoms with van der Waals surface area (Å²) in [5.41, 5.74) is 0.570. The third kappa shape index (κ3) is 6.84. The van der Waals surface area contributed by atoms with Crippen LogP contribution in [0.25, 0.3) is 0 Å². The maximum Gasteiger partial charge on any atom is 0.313 e. The third-order valence-corrected chi connectivity index (χ3v) is 4.07. The number of hydrogen-bond acceptors (Lipinski definition) is 5. The Hall–Kier alpha value is -2.71. The number of rotatable bonds is 8. The largest absolute Gasteiger partial charge is 0.379 e.